The molecular weight excluding hydrogens is 268 g/mol. The third-order valence-corrected chi connectivity index (χ3v) is 3.17. The zero-order valence-electron chi connectivity index (χ0n) is 13.0. The molecule has 1 N–H and O–H groups in total. The van der Waals surface area contributed by atoms with Gasteiger partial charge in [-0.05, 0) is 30.7 Å². The Morgan fingerprint density at radius 2 is 1.86 bits per heavy atom. The number of amides is 2. The molecule has 5 nitrogen and oxygen atoms in total. The number of anilines is 1. The maximum atomic E-state index is 11.9. The minimum Gasteiger partial charge on any atom is -0.497 e. The summed E-state index contributed by atoms with van der Waals surface area (Å²) in [6.07, 6.45) is 3.17. The fourth-order valence-electron chi connectivity index (χ4n) is 1.95. The average molecular weight is 292 g/mol. The van der Waals surface area contributed by atoms with Crippen LogP contribution in [0.5, 0.6) is 5.75 Å². The van der Waals surface area contributed by atoms with Crippen molar-refractivity contribution in [2.75, 3.05) is 25.1 Å². The minimum absolute atomic E-state index is 0.0355. The normalized spacial score (nSPS) is 10.0. The van der Waals surface area contributed by atoms with Crippen molar-refractivity contribution < 1.29 is 14.3 Å². The van der Waals surface area contributed by atoms with Crippen molar-refractivity contribution in [3.63, 3.8) is 0 Å². The van der Waals surface area contributed by atoms with Gasteiger partial charge in [0.05, 0.1) is 7.11 Å². The summed E-state index contributed by atoms with van der Waals surface area (Å²) in [6.45, 7) is 4.26. The molecule has 0 aromatic heterocycles. The van der Waals surface area contributed by atoms with E-state index in [1.165, 1.54) is 11.8 Å². The van der Waals surface area contributed by atoms with Crippen LogP contribution >= 0.6 is 0 Å². The fraction of sp³-hybridized carbons (Fsp3) is 0.500. The van der Waals surface area contributed by atoms with Crippen LogP contribution in [0.1, 0.15) is 33.1 Å². The lowest BCUT2D eigenvalue weighted by Gasteiger charge is -2.21. The smallest absolute Gasteiger partial charge is 0.240 e. The Hall–Kier alpha value is -2.04. The molecule has 0 heterocycles. The van der Waals surface area contributed by atoms with Gasteiger partial charge in [0, 0.05) is 19.2 Å². The highest BCUT2D eigenvalue weighted by Gasteiger charge is 2.15. The van der Waals surface area contributed by atoms with Crippen LogP contribution in [0, 0.1) is 0 Å². The number of carbonyl (C=O) groups excluding carboxylic acids is 2. The molecule has 5 heteroatoms. The predicted molar refractivity (Wildman–Crippen MR) is 83.6 cm³/mol. The van der Waals surface area contributed by atoms with E-state index < -0.39 is 0 Å². The van der Waals surface area contributed by atoms with Crippen molar-refractivity contribution in [1.29, 1.82) is 0 Å². The van der Waals surface area contributed by atoms with E-state index in [2.05, 4.69) is 12.2 Å². The first-order valence-corrected chi connectivity index (χ1v) is 7.27. The van der Waals surface area contributed by atoms with Crippen LogP contribution in [-0.4, -0.2) is 32.0 Å². The molecule has 0 atom stereocenters. The first-order chi connectivity index (χ1) is 10.1. The van der Waals surface area contributed by atoms with Gasteiger partial charge in [0.15, 0.2) is 0 Å². The van der Waals surface area contributed by atoms with Crippen molar-refractivity contribution in [1.82, 2.24) is 5.32 Å². The van der Waals surface area contributed by atoms with Gasteiger partial charge in [-0.3, -0.25) is 9.59 Å². The maximum Gasteiger partial charge on any atom is 0.240 e. The summed E-state index contributed by atoms with van der Waals surface area (Å²) in [5.41, 5.74) is 0.687. The second-order valence-electron chi connectivity index (χ2n) is 4.86. The standard InChI is InChI=1S/C16H24N2O3/c1-4-5-6-11-17-16(20)12-18(13(2)19)14-7-9-15(21-3)10-8-14/h7-10H,4-6,11-12H2,1-3H3,(H,17,20). The molecule has 1 aromatic rings. The average Bonchev–Trinajstić information content (AvgIpc) is 2.49. The molecule has 116 valence electrons. The van der Waals surface area contributed by atoms with Crippen LogP contribution in [0.15, 0.2) is 24.3 Å². The molecule has 0 bridgehead atoms. The number of carbonyl (C=O) groups is 2. The topological polar surface area (TPSA) is 58.6 Å². The molecule has 0 spiro atoms. The van der Waals surface area contributed by atoms with Crippen LogP contribution in [0.4, 0.5) is 5.69 Å². The van der Waals surface area contributed by atoms with Crippen LogP contribution in [0.2, 0.25) is 0 Å². The van der Waals surface area contributed by atoms with Gasteiger partial charge in [-0.15, -0.1) is 0 Å². The summed E-state index contributed by atoms with van der Waals surface area (Å²) in [6, 6.07) is 7.07. The van der Waals surface area contributed by atoms with Crippen molar-refractivity contribution in [2.24, 2.45) is 0 Å². The van der Waals surface area contributed by atoms with E-state index in [1.807, 2.05) is 0 Å². The molecule has 0 radical (unpaired) electrons. The lowest BCUT2D eigenvalue weighted by Crippen LogP contribution is -2.40. The Morgan fingerprint density at radius 1 is 1.19 bits per heavy atom. The molecule has 2 amide bonds. The van der Waals surface area contributed by atoms with Gasteiger partial charge in [0.2, 0.25) is 11.8 Å². The van der Waals surface area contributed by atoms with E-state index in [4.69, 9.17) is 4.74 Å². The molecule has 1 rings (SSSR count). The van der Waals surface area contributed by atoms with Gasteiger partial charge in [-0.1, -0.05) is 19.8 Å². The Bertz CT molecular complexity index is 457. The Morgan fingerprint density at radius 3 is 2.38 bits per heavy atom. The van der Waals surface area contributed by atoms with E-state index in [1.54, 1.807) is 31.4 Å². The second kappa shape index (κ2) is 9.00. The van der Waals surface area contributed by atoms with E-state index in [0.29, 0.717) is 18.0 Å². The maximum absolute atomic E-state index is 11.9. The molecule has 0 aliphatic rings. The second-order valence-corrected chi connectivity index (χ2v) is 4.86. The molecule has 0 saturated carbocycles. The van der Waals surface area contributed by atoms with Gasteiger partial charge in [0.25, 0.3) is 0 Å². The summed E-state index contributed by atoms with van der Waals surface area (Å²) in [5, 5.41) is 2.84. The van der Waals surface area contributed by atoms with Crippen molar-refractivity contribution in [3.05, 3.63) is 24.3 Å². The number of rotatable bonds is 8. The van der Waals surface area contributed by atoms with Crippen molar-refractivity contribution in [2.45, 2.75) is 33.1 Å². The minimum atomic E-state index is -0.163. The predicted octanol–water partition coefficient (Wildman–Crippen LogP) is 2.35. The summed E-state index contributed by atoms with van der Waals surface area (Å²) in [5.74, 6) is 0.410. The molecular formula is C16H24N2O3. The highest BCUT2D eigenvalue weighted by atomic mass is 16.5. The molecule has 21 heavy (non-hydrogen) atoms. The number of methoxy groups -OCH3 is 1. The van der Waals surface area contributed by atoms with E-state index in [0.717, 1.165) is 19.3 Å². The molecule has 0 aliphatic carbocycles. The molecule has 0 saturated heterocycles. The largest absolute Gasteiger partial charge is 0.497 e. The fourth-order valence-corrected chi connectivity index (χ4v) is 1.95. The summed E-state index contributed by atoms with van der Waals surface area (Å²) >= 11 is 0. The number of nitrogens with zero attached hydrogens (tertiary/aromatic N) is 1. The first kappa shape index (κ1) is 17.0. The van der Waals surface area contributed by atoms with Gasteiger partial charge in [-0.25, -0.2) is 0 Å². The number of nitrogens with one attached hydrogen (secondary N) is 1. The van der Waals surface area contributed by atoms with Crippen LogP contribution < -0.4 is 15.0 Å². The lowest BCUT2D eigenvalue weighted by molar-refractivity contribution is -0.123. The summed E-state index contributed by atoms with van der Waals surface area (Å²) in [4.78, 5) is 25.1. The monoisotopic (exact) mass is 292 g/mol. The SMILES string of the molecule is CCCCCNC(=O)CN(C(C)=O)c1ccc(OC)cc1. The number of unbranched alkanes of at least 4 members (excludes halogenated alkanes) is 2. The van der Waals surface area contributed by atoms with Crippen molar-refractivity contribution in [3.8, 4) is 5.75 Å². The molecule has 0 aliphatic heterocycles. The van der Waals surface area contributed by atoms with Crippen LogP contribution in [-0.2, 0) is 9.59 Å². The van der Waals surface area contributed by atoms with Gasteiger partial charge in [-0.2, -0.15) is 0 Å². The van der Waals surface area contributed by atoms with E-state index in [9.17, 15) is 9.59 Å². The number of ether oxygens (including phenoxy) is 1. The number of hydrogen-bond donors (Lipinski definition) is 1. The Kier molecular flexibility index (Phi) is 7.29. The van der Waals surface area contributed by atoms with E-state index >= 15 is 0 Å². The third-order valence-electron chi connectivity index (χ3n) is 3.17. The molecule has 1 aromatic carbocycles. The number of hydrogen-bond acceptors (Lipinski definition) is 3. The zero-order valence-corrected chi connectivity index (χ0v) is 13.0. The quantitative estimate of drug-likeness (QED) is 0.748. The Balaban J connectivity index is 2.60. The van der Waals surface area contributed by atoms with Crippen LogP contribution in [0.25, 0.3) is 0 Å². The zero-order chi connectivity index (χ0) is 15.7. The third kappa shape index (κ3) is 5.85. The van der Waals surface area contributed by atoms with Gasteiger partial charge < -0.3 is 15.0 Å². The van der Waals surface area contributed by atoms with Gasteiger partial charge >= 0.3 is 0 Å². The van der Waals surface area contributed by atoms with E-state index in [-0.39, 0.29) is 18.4 Å². The summed E-state index contributed by atoms with van der Waals surface area (Å²) in [7, 11) is 1.58. The molecule has 0 unspecified atom stereocenters. The highest BCUT2D eigenvalue weighted by Crippen LogP contribution is 2.19. The summed E-state index contributed by atoms with van der Waals surface area (Å²) < 4.78 is 5.08. The van der Waals surface area contributed by atoms with Crippen LogP contribution in [0.3, 0.4) is 0 Å². The first-order valence-electron chi connectivity index (χ1n) is 7.27. The Labute approximate surface area is 126 Å². The van der Waals surface area contributed by atoms with Crippen molar-refractivity contribution >= 4 is 17.5 Å². The van der Waals surface area contributed by atoms with Gasteiger partial charge in [0.1, 0.15) is 12.3 Å². The number of benzene rings is 1. The lowest BCUT2D eigenvalue weighted by atomic mass is 10.2. The molecule has 0 fully saturated rings. The highest BCUT2D eigenvalue weighted by molar-refractivity contribution is 5.97.